The number of rotatable bonds is 2. The van der Waals surface area contributed by atoms with Gasteiger partial charge in [0.25, 0.3) is 0 Å². The zero-order valence-electron chi connectivity index (χ0n) is 12.3. The molecule has 0 unspecified atom stereocenters. The lowest BCUT2D eigenvalue weighted by atomic mass is 9.63. The number of nitrogens with zero attached hydrogens (tertiary/aromatic N) is 1. The average Bonchev–Trinajstić information content (AvgIpc) is 3.32. The number of hydrogen-bond acceptors (Lipinski definition) is 3. The van der Waals surface area contributed by atoms with E-state index in [-0.39, 0.29) is 41.0 Å². The molecule has 0 aromatic heterocycles. The minimum Gasteiger partial charge on any atom is -0.478 e. The van der Waals surface area contributed by atoms with Crippen LogP contribution in [0.1, 0.15) is 16.8 Å². The van der Waals surface area contributed by atoms with Crippen LogP contribution in [0.3, 0.4) is 0 Å². The molecular weight excluding hydrogens is 294 g/mol. The smallest absolute Gasteiger partial charge is 0.335 e. The number of aromatic carboxylic acids is 1. The molecule has 1 aromatic carbocycles. The minimum atomic E-state index is -1.02. The SMILES string of the molecule is O=C(O)c1ccc(N2C(=O)[C@@H]3[C@@H]4C=C[C@@H]([C@@H]5C[C@@H]45)[C@@H]3C2=O)cc1. The maximum atomic E-state index is 12.9. The minimum absolute atomic E-state index is 0.118. The van der Waals surface area contributed by atoms with Crippen LogP contribution in [0.25, 0.3) is 0 Å². The van der Waals surface area contributed by atoms with Crippen molar-refractivity contribution in [1.29, 1.82) is 0 Å². The second kappa shape index (κ2) is 4.10. The lowest BCUT2D eigenvalue weighted by Crippen LogP contribution is -2.40. The van der Waals surface area contributed by atoms with E-state index in [0.717, 1.165) is 6.42 Å². The fourth-order valence-electron chi connectivity index (χ4n) is 4.96. The number of amides is 2. The molecule has 1 heterocycles. The first-order chi connectivity index (χ1) is 11.1. The Labute approximate surface area is 132 Å². The fourth-order valence-corrected chi connectivity index (χ4v) is 4.96. The molecule has 4 aliphatic carbocycles. The zero-order valence-corrected chi connectivity index (χ0v) is 12.3. The van der Waals surface area contributed by atoms with Crippen molar-refractivity contribution < 1.29 is 19.5 Å². The van der Waals surface area contributed by atoms with Gasteiger partial charge in [0.2, 0.25) is 11.8 Å². The van der Waals surface area contributed by atoms with Gasteiger partial charge in [-0.1, -0.05) is 12.2 Å². The van der Waals surface area contributed by atoms with Crippen molar-refractivity contribution in [2.45, 2.75) is 6.42 Å². The van der Waals surface area contributed by atoms with Crippen LogP contribution in [-0.2, 0) is 9.59 Å². The molecule has 6 rings (SSSR count). The second-order valence-corrected chi connectivity index (χ2v) is 7.02. The summed E-state index contributed by atoms with van der Waals surface area (Å²) in [7, 11) is 0. The summed E-state index contributed by atoms with van der Waals surface area (Å²) in [4.78, 5) is 38.0. The van der Waals surface area contributed by atoms with E-state index in [9.17, 15) is 14.4 Å². The summed E-state index contributed by atoms with van der Waals surface area (Å²) >= 11 is 0. The molecular formula is C18H15NO4. The molecule has 0 radical (unpaired) electrons. The molecule has 116 valence electrons. The number of hydrogen-bond donors (Lipinski definition) is 1. The molecule has 5 heteroatoms. The topological polar surface area (TPSA) is 74.7 Å². The van der Waals surface area contributed by atoms with E-state index in [1.54, 1.807) is 12.1 Å². The van der Waals surface area contributed by atoms with E-state index in [2.05, 4.69) is 12.2 Å². The molecule has 2 bridgehead atoms. The predicted octanol–water partition coefficient (Wildman–Crippen LogP) is 1.94. The third kappa shape index (κ3) is 1.54. The van der Waals surface area contributed by atoms with Crippen molar-refractivity contribution in [2.24, 2.45) is 35.5 Å². The van der Waals surface area contributed by atoms with Gasteiger partial charge >= 0.3 is 5.97 Å². The maximum Gasteiger partial charge on any atom is 0.335 e. The Morgan fingerprint density at radius 2 is 1.48 bits per heavy atom. The Hall–Kier alpha value is -2.43. The van der Waals surface area contributed by atoms with Crippen LogP contribution in [0.4, 0.5) is 5.69 Å². The highest BCUT2D eigenvalue weighted by molar-refractivity contribution is 6.22. The first-order valence-electron chi connectivity index (χ1n) is 7.97. The van der Waals surface area contributed by atoms with Crippen LogP contribution in [0, 0.1) is 35.5 Å². The third-order valence-corrected chi connectivity index (χ3v) is 6.04. The Bertz CT molecular complexity index is 745. The highest BCUT2D eigenvalue weighted by atomic mass is 16.4. The molecule has 1 aliphatic heterocycles. The summed E-state index contributed by atoms with van der Waals surface area (Å²) < 4.78 is 0. The standard InChI is InChI=1S/C18H15NO4/c20-16-14-10-5-6-11(13-7-12(10)13)15(14)17(21)19(16)9-3-1-8(2-4-9)18(22)23/h1-6,10-15H,7H2,(H,22,23)/t10-,11+,12-,13-,14-,15+/m0/s1. The van der Waals surface area contributed by atoms with E-state index >= 15 is 0 Å². The average molecular weight is 309 g/mol. The van der Waals surface area contributed by atoms with Gasteiger partial charge in [-0.25, -0.2) is 4.79 Å². The third-order valence-electron chi connectivity index (χ3n) is 6.04. The monoisotopic (exact) mass is 309 g/mol. The van der Waals surface area contributed by atoms with E-state index in [4.69, 9.17) is 5.11 Å². The molecule has 1 N–H and O–H groups in total. The molecule has 1 saturated heterocycles. The van der Waals surface area contributed by atoms with Crippen LogP contribution in [0.2, 0.25) is 0 Å². The Morgan fingerprint density at radius 1 is 0.957 bits per heavy atom. The molecule has 6 atom stereocenters. The molecule has 23 heavy (non-hydrogen) atoms. The lowest BCUT2D eigenvalue weighted by molar-refractivity contribution is -0.124. The Morgan fingerprint density at radius 3 is 1.96 bits per heavy atom. The summed E-state index contributed by atoms with van der Waals surface area (Å²) in [5.41, 5.74) is 0.626. The molecule has 3 fully saturated rings. The lowest BCUT2D eigenvalue weighted by Gasteiger charge is -2.37. The molecule has 5 nitrogen and oxygen atoms in total. The van der Waals surface area contributed by atoms with Crippen LogP contribution < -0.4 is 4.90 Å². The van der Waals surface area contributed by atoms with Gasteiger partial charge in [0.05, 0.1) is 23.1 Å². The van der Waals surface area contributed by atoms with Crippen molar-refractivity contribution in [3.63, 3.8) is 0 Å². The molecule has 0 spiro atoms. The van der Waals surface area contributed by atoms with Crippen LogP contribution in [-0.4, -0.2) is 22.9 Å². The van der Waals surface area contributed by atoms with Gasteiger partial charge in [0, 0.05) is 0 Å². The second-order valence-electron chi connectivity index (χ2n) is 7.02. The molecule has 5 aliphatic rings. The summed E-state index contributed by atoms with van der Waals surface area (Å²) in [6, 6.07) is 5.97. The molecule has 1 aromatic rings. The highest BCUT2D eigenvalue weighted by Gasteiger charge is 2.67. The number of imide groups is 1. The van der Waals surface area contributed by atoms with Gasteiger partial charge in [0.1, 0.15) is 0 Å². The molecule has 2 amide bonds. The largest absolute Gasteiger partial charge is 0.478 e. The number of carboxylic acids is 1. The first kappa shape index (κ1) is 13.0. The fraction of sp³-hybridized carbons (Fsp3) is 0.389. The number of benzene rings is 1. The van der Waals surface area contributed by atoms with Crippen molar-refractivity contribution >= 4 is 23.5 Å². The van der Waals surface area contributed by atoms with Crippen molar-refractivity contribution in [1.82, 2.24) is 0 Å². The van der Waals surface area contributed by atoms with Gasteiger partial charge in [-0.2, -0.15) is 0 Å². The number of allylic oxidation sites excluding steroid dienone is 2. The van der Waals surface area contributed by atoms with Gasteiger partial charge in [-0.3, -0.25) is 14.5 Å². The van der Waals surface area contributed by atoms with Gasteiger partial charge in [-0.15, -0.1) is 0 Å². The maximum absolute atomic E-state index is 12.9. The molecule has 2 saturated carbocycles. The highest BCUT2D eigenvalue weighted by Crippen LogP contribution is 2.65. The van der Waals surface area contributed by atoms with Gasteiger partial charge in [0.15, 0.2) is 0 Å². The van der Waals surface area contributed by atoms with E-state index in [1.165, 1.54) is 17.0 Å². The van der Waals surface area contributed by atoms with Gasteiger partial charge in [-0.05, 0) is 54.4 Å². The summed E-state index contributed by atoms with van der Waals surface area (Å²) in [6.45, 7) is 0. The summed E-state index contributed by atoms with van der Waals surface area (Å²) in [5.74, 6) is -0.132. The Kier molecular flexibility index (Phi) is 2.33. The summed E-state index contributed by atoms with van der Waals surface area (Å²) in [5, 5.41) is 8.97. The number of carboxylic acid groups (broad SMARTS) is 1. The van der Waals surface area contributed by atoms with Crippen molar-refractivity contribution in [3.8, 4) is 0 Å². The number of carbonyl (C=O) groups excluding carboxylic acids is 2. The first-order valence-corrected chi connectivity index (χ1v) is 7.97. The van der Waals surface area contributed by atoms with Crippen LogP contribution >= 0.6 is 0 Å². The number of carbonyl (C=O) groups is 3. The van der Waals surface area contributed by atoms with Crippen molar-refractivity contribution in [3.05, 3.63) is 42.0 Å². The van der Waals surface area contributed by atoms with Crippen LogP contribution in [0.15, 0.2) is 36.4 Å². The summed E-state index contributed by atoms with van der Waals surface area (Å²) in [6.07, 6.45) is 5.42. The van der Waals surface area contributed by atoms with E-state index in [1.807, 2.05) is 0 Å². The quantitative estimate of drug-likeness (QED) is 0.669. The van der Waals surface area contributed by atoms with E-state index in [0.29, 0.717) is 17.5 Å². The predicted molar refractivity (Wildman–Crippen MR) is 80.6 cm³/mol. The van der Waals surface area contributed by atoms with Gasteiger partial charge < -0.3 is 5.11 Å². The Balaban J connectivity index is 1.53. The van der Waals surface area contributed by atoms with Crippen molar-refractivity contribution in [2.75, 3.05) is 4.90 Å². The zero-order chi connectivity index (χ0) is 15.9. The normalized spacial score (nSPS) is 39.4. The van der Waals surface area contributed by atoms with E-state index < -0.39 is 5.97 Å². The number of anilines is 1. The van der Waals surface area contributed by atoms with Crippen LogP contribution in [0.5, 0.6) is 0 Å².